The van der Waals surface area contributed by atoms with Crippen LogP contribution in [0.5, 0.6) is 0 Å². The third-order valence-corrected chi connectivity index (χ3v) is 5.97. The predicted molar refractivity (Wildman–Crippen MR) is 115 cm³/mol. The molecule has 2 atom stereocenters. The van der Waals surface area contributed by atoms with Gasteiger partial charge in [-0.15, -0.1) is 0 Å². The molecular weight excluding hydrogens is 386 g/mol. The second-order valence-electron chi connectivity index (χ2n) is 8.26. The summed E-state index contributed by atoms with van der Waals surface area (Å²) in [6.45, 7) is 6.05. The Hall–Kier alpha value is -2.37. The highest BCUT2D eigenvalue weighted by Gasteiger charge is 2.36. The minimum absolute atomic E-state index is 0.0835. The maximum atomic E-state index is 13.0. The Labute approximate surface area is 176 Å². The van der Waals surface area contributed by atoms with Crippen LogP contribution in [0, 0.1) is 11.8 Å². The molecule has 2 heterocycles. The van der Waals surface area contributed by atoms with Crippen molar-refractivity contribution >= 4 is 29.1 Å². The molecule has 0 spiro atoms. The number of rotatable bonds is 4. The van der Waals surface area contributed by atoms with Crippen LogP contribution >= 0.6 is 11.6 Å². The molecule has 2 aliphatic rings. The zero-order chi connectivity index (χ0) is 20.4. The third kappa shape index (κ3) is 4.98. The smallest absolute Gasteiger partial charge is 0.253 e. The number of nitrogens with one attached hydrogen (secondary N) is 1. The van der Waals surface area contributed by atoms with E-state index in [-0.39, 0.29) is 11.8 Å². The van der Waals surface area contributed by atoms with Gasteiger partial charge >= 0.3 is 0 Å². The summed E-state index contributed by atoms with van der Waals surface area (Å²) < 4.78 is 0. The lowest BCUT2D eigenvalue weighted by molar-refractivity contribution is -0.114. The number of amides is 2. The molecule has 0 saturated carbocycles. The first-order chi connectivity index (χ1) is 14.0. The number of likely N-dealkylation sites (tertiary alicyclic amines) is 2. The molecule has 0 aliphatic carbocycles. The summed E-state index contributed by atoms with van der Waals surface area (Å²) >= 11 is 5.99. The van der Waals surface area contributed by atoms with Crippen LogP contribution in [0.2, 0.25) is 5.02 Å². The molecule has 2 aromatic carbocycles. The second kappa shape index (κ2) is 8.56. The van der Waals surface area contributed by atoms with Gasteiger partial charge in [0.15, 0.2) is 0 Å². The van der Waals surface area contributed by atoms with E-state index in [1.807, 2.05) is 17.0 Å². The lowest BCUT2D eigenvalue weighted by atomic mass is 9.84. The topological polar surface area (TPSA) is 52.7 Å². The van der Waals surface area contributed by atoms with Gasteiger partial charge in [0.05, 0.1) is 0 Å². The van der Waals surface area contributed by atoms with Gasteiger partial charge in [0, 0.05) is 55.9 Å². The van der Waals surface area contributed by atoms with Gasteiger partial charge in [0.25, 0.3) is 5.91 Å². The van der Waals surface area contributed by atoms with Crippen LogP contribution in [0.25, 0.3) is 0 Å². The molecule has 1 N–H and O–H groups in total. The van der Waals surface area contributed by atoms with Crippen LogP contribution in [0.1, 0.15) is 29.3 Å². The van der Waals surface area contributed by atoms with E-state index in [1.165, 1.54) is 18.9 Å². The maximum absolute atomic E-state index is 13.0. The Kier molecular flexibility index (Phi) is 5.88. The van der Waals surface area contributed by atoms with Gasteiger partial charge in [-0.05, 0) is 60.2 Å². The summed E-state index contributed by atoms with van der Waals surface area (Å²) in [6, 6.07) is 15.2. The van der Waals surface area contributed by atoms with Crippen molar-refractivity contribution in [1.82, 2.24) is 9.80 Å². The summed E-state index contributed by atoms with van der Waals surface area (Å²) in [5.41, 5.74) is 2.67. The number of carbonyl (C=O) groups excluding carboxylic acids is 2. The van der Waals surface area contributed by atoms with Crippen LogP contribution in [0.15, 0.2) is 48.5 Å². The number of fused-ring (bicyclic) bond motifs is 2. The number of halogens is 1. The molecule has 0 radical (unpaired) electrons. The molecule has 2 unspecified atom stereocenters. The van der Waals surface area contributed by atoms with Gasteiger partial charge in [0.2, 0.25) is 5.91 Å². The highest BCUT2D eigenvalue weighted by atomic mass is 35.5. The summed E-state index contributed by atoms with van der Waals surface area (Å²) in [6.07, 6.45) is 1.20. The molecule has 2 saturated heterocycles. The molecule has 2 fully saturated rings. The number of carbonyl (C=O) groups is 2. The number of piperidine rings is 2. The Balaban J connectivity index is 1.36. The standard InChI is InChI=1S/C23H26ClN3O2/c1-16(28)25-22-8-4-20(5-9-22)23(29)27-14-18-10-19(15-27)13-26(12-18)11-17-2-6-21(24)7-3-17/h2-9,18-19H,10-15H2,1H3,(H,25,28). The van der Waals surface area contributed by atoms with Crippen molar-refractivity contribution in [3.63, 3.8) is 0 Å². The third-order valence-electron chi connectivity index (χ3n) is 5.72. The number of hydrogen-bond donors (Lipinski definition) is 1. The van der Waals surface area contributed by atoms with Crippen molar-refractivity contribution in [3.05, 3.63) is 64.7 Å². The van der Waals surface area contributed by atoms with Crippen molar-refractivity contribution in [1.29, 1.82) is 0 Å². The van der Waals surface area contributed by atoms with Crippen molar-refractivity contribution in [3.8, 4) is 0 Å². The minimum atomic E-state index is -0.115. The highest BCUT2D eigenvalue weighted by molar-refractivity contribution is 6.30. The molecule has 4 rings (SSSR count). The number of nitrogens with zero attached hydrogens (tertiary/aromatic N) is 2. The predicted octanol–water partition coefficient (Wildman–Crippen LogP) is 3.89. The molecule has 6 heteroatoms. The Bertz CT molecular complexity index is 868. The van der Waals surface area contributed by atoms with E-state index in [0.717, 1.165) is 37.7 Å². The van der Waals surface area contributed by atoms with Crippen LogP contribution in [0.4, 0.5) is 5.69 Å². The fourth-order valence-corrected chi connectivity index (χ4v) is 4.74. The van der Waals surface area contributed by atoms with Gasteiger partial charge in [-0.25, -0.2) is 0 Å². The van der Waals surface area contributed by atoms with Crippen LogP contribution < -0.4 is 5.32 Å². The van der Waals surface area contributed by atoms with E-state index in [4.69, 9.17) is 11.6 Å². The molecule has 2 amide bonds. The Morgan fingerprint density at radius 2 is 1.59 bits per heavy atom. The highest BCUT2D eigenvalue weighted by Crippen LogP contribution is 2.30. The van der Waals surface area contributed by atoms with Crippen LogP contribution in [-0.4, -0.2) is 47.8 Å². The van der Waals surface area contributed by atoms with E-state index < -0.39 is 0 Å². The number of hydrogen-bond acceptors (Lipinski definition) is 3. The normalized spacial score (nSPS) is 21.7. The second-order valence-corrected chi connectivity index (χ2v) is 8.69. The van der Waals surface area contributed by atoms with Gasteiger partial charge in [-0.2, -0.15) is 0 Å². The summed E-state index contributed by atoms with van der Waals surface area (Å²) in [5, 5.41) is 3.50. The van der Waals surface area contributed by atoms with Gasteiger partial charge < -0.3 is 10.2 Å². The van der Waals surface area contributed by atoms with Crippen molar-refractivity contribution in [2.75, 3.05) is 31.5 Å². The zero-order valence-corrected chi connectivity index (χ0v) is 17.4. The quantitative estimate of drug-likeness (QED) is 0.830. The molecule has 2 aliphatic heterocycles. The molecule has 0 aromatic heterocycles. The Morgan fingerprint density at radius 3 is 2.17 bits per heavy atom. The van der Waals surface area contributed by atoms with E-state index in [0.29, 0.717) is 23.1 Å². The van der Waals surface area contributed by atoms with E-state index in [1.54, 1.807) is 24.3 Å². The average molecular weight is 412 g/mol. The molecule has 2 aromatic rings. The molecule has 152 valence electrons. The zero-order valence-electron chi connectivity index (χ0n) is 16.6. The molecule has 2 bridgehead atoms. The van der Waals surface area contributed by atoms with Gasteiger partial charge in [0.1, 0.15) is 0 Å². The Morgan fingerprint density at radius 1 is 0.966 bits per heavy atom. The van der Waals surface area contributed by atoms with Crippen molar-refractivity contribution in [2.45, 2.75) is 19.9 Å². The van der Waals surface area contributed by atoms with Crippen molar-refractivity contribution in [2.24, 2.45) is 11.8 Å². The lowest BCUT2D eigenvalue weighted by Gasteiger charge is -2.46. The van der Waals surface area contributed by atoms with E-state index in [9.17, 15) is 9.59 Å². The first-order valence-electron chi connectivity index (χ1n) is 10.1. The molecule has 5 nitrogen and oxygen atoms in total. The van der Waals surface area contributed by atoms with E-state index >= 15 is 0 Å². The van der Waals surface area contributed by atoms with E-state index in [2.05, 4.69) is 22.3 Å². The average Bonchev–Trinajstić information content (AvgIpc) is 2.69. The van der Waals surface area contributed by atoms with Crippen LogP contribution in [-0.2, 0) is 11.3 Å². The fraction of sp³-hybridized carbons (Fsp3) is 0.391. The van der Waals surface area contributed by atoms with Gasteiger partial charge in [-0.1, -0.05) is 23.7 Å². The summed E-state index contributed by atoms with van der Waals surface area (Å²) in [7, 11) is 0. The maximum Gasteiger partial charge on any atom is 0.253 e. The first kappa shape index (κ1) is 19.9. The van der Waals surface area contributed by atoms with Crippen LogP contribution in [0.3, 0.4) is 0 Å². The summed E-state index contributed by atoms with van der Waals surface area (Å²) in [4.78, 5) is 28.6. The summed E-state index contributed by atoms with van der Waals surface area (Å²) in [5.74, 6) is 0.992. The first-order valence-corrected chi connectivity index (χ1v) is 10.5. The lowest BCUT2D eigenvalue weighted by Crippen LogP contribution is -2.53. The minimum Gasteiger partial charge on any atom is -0.338 e. The van der Waals surface area contributed by atoms with Crippen molar-refractivity contribution < 1.29 is 9.59 Å². The number of benzene rings is 2. The SMILES string of the molecule is CC(=O)Nc1ccc(C(=O)N2CC3CC(CN(Cc4ccc(Cl)cc4)C3)C2)cc1. The monoisotopic (exact) mass is 411 g/mol. The largest absolute Gasteiger partial charge is 0.338 e. The molecular formula is C23H26ClN3O2. The number of anilines is 1. The molecule has 29 heavy (non-hydrogen) atoms. The fourth-order valence-electron chi connectivity index (χ4n) is 4.61. The van der Waals surface area contributed by atoms with Gasteiger partial charge in [-0.3, -0.25) is 14.5 Å².